The summed E-state index contributed by atoms with van der Waals surface area (Å²) in [7, 11) is 0. The van der Waals surface area contributed by atoms with Gasteiger partial charge in [-0.05, 0) is 41.2 Å². The normalized spacial score (nSPS) is 20.6. The van der Waals surface area contributed by atoms with Gasteiger partial charge in [-0.3, -0.25) is 14.6 Å². The first-order chi connectivity index (χ1) is 16.3. The molecule has 174 valence electrons. The van der Waals surface area contributed by atoms with E-state index in [9.17, 15) is 14.7 Å². The molecule has 0 saturated heterocycles. The molecule has 0 aliphatic heterocycles. The number of benzene rings is 2. The quantitative estimate of drug-likeness (QED) is 0.370. The van der Waals surface area contributed by atoms with Crippen molar-refractivity contribution >= 4 is 33.7 Å². The zero-order valence-corrected chi connectivity index (χ0v) is 19.6. The zero-order valence-electron chi connectivity index (χ0n) is 19.6. The summed E-state index contributed by atoms with van der Waals surface area (Å²) in [5, 5.41) is 17.3. The van der Waals surface area contributed by atoms with Gasteiger partial charge in [-0.2, -0.15) is 0 Å². The maximum atomic E-state index is 12.8. The number of Topliss-reactive ketones (excluding diaryl/α,β-unsaturated/α-hetero) is 2. The maximum absolute atomic E-state index is 12.8. The number of aromatic nitrogens is 1. The van der Waals surface area contributed by atoms with E-state index < -0.39 is 0 Å². The number of aliphatic hydroxyl groups excluding tert-OH is 1. The van der Waals surface area contributed by atoms with E-state index in [2.05, 4.69) is 5.16 Å². The van der Waals surface area contributed by atoms with E-state index in [4.69, 9.17) is 9.52 Å². The molecule has 0 amide bonds. The predicted octanol–water partition coefficient (Wildman–Crippen LogP) is 6.25. The van der Waals surface area contributed by atoms with Crippen LogP contribution in [0.5, 0.6) is 0 Å². The first kappa shape index (κ1) is 22.3. The molecule has 34 heavy (non-hydrogen) atoms. The van der Waals surface area contributed by atoms with Gasteiger partial charge in [-0.1, -0.05) is 49.3 Å². The summed E-state index contributed by atoms with van der Waals surface area (Å²) in [4.78, 5) is 30.2. The lowest BCUT2D eigenvalue weighted by Crippen LogP contribution is -2.26. The molecule has 1 saturated carbocycles. The van der Waals surface area contributed by atoms with Crippen molar-refractivity contribution in [2.24, 2.45) is 10.4 Å². The van der Waals surface area contributed by atoms with Gasteiger partial charge < -0.3 is 9.63 Å². The average molecular weight is 457 g/mol. The second kappa shape index (κ2) is 8.67. The van der Waals surface area contributed by atoms with E-state index in [1.165, 1.54) is 0 Å². The van der Waals surface area contributed by atoms with Crippen molar-refractivity contribution in [1.29, 1.82) is 0 Å². The fourth-order valence-electron chi connectivity index (χ4n) is 5.02. The third kappa shape index (κ3) is 4.32. The van der Waals surface area contributed by atoms with Gasteiger partial charge in [0.25, 0.3) is 0 Å². The number of rotatable bonds is 4. The molecule has 1 heterocycles. The highest BCUT2D eigenvalue weighted by molar-refractivity contribution is 6.24. The molecule has 0 spiro atoms. The maximum Gasteiger partial charge on any atom is 0.168 e. The van der Waals surface area contributed by atoms with E-state index in [-0.39, 0.29) is 29.2 Å². The van der Waals surface area contributed by atoms with Gasteiger partial charge in [0.2, 0.25) is 0 Å². The van der Waals surface area contributed by atoms with Gasteiger partial charge in [0.1, 0.15) is 11.5 Å². The van der Waals surface area contributed by atoms with Crippen LogP contribution in [0.4, 0.5) is 5.69 Å². The third-order valence-corrected chi connectivity index (χ3v) is 6.66. The van der Waals surface area contributed by atoms with Crippen LogP contribution in [-0.4, -0.2) is 27.5 Å². The fourth-order valence-corrected chi connectivity index (χ4v) is 5.02. The molecular formula is C28H28N2O4. The highest BCUT2D eigenvalue weighted by atomic mass is 16.5. The van der Waals surface area contributed by atoms with Gasteiger partial charge in [-0.25, -0.2) is 0 Å². The van der Waals surface area contributed by atoms with Crippen LogP contribution in [0.1, 0.15) is 67.8 Å². The minimum Gasteiger partial charge on any atom is -0.511 e. The number of hydrogen-bond acceptors (Lipinski definition) is 6. The van der Waals surface area contributed by atoms with Gasteiger partial charge in [0.05, 0.1) is 28.2 Å². The molecule has 5 rings (SSSR count). The van der Waals surface area contributed by atoms with E-state index >= 15 is 0 Å². The number of nitrogens with zero attached hydrogens (tertiary/aromatic N) is 2. The minimum absolute atomic E-state index is 0.00424. The minimum atomic E-state index is -0.145. The molecule has 6 heteroatoms. The number of aliphatic imine (C=N–C) groups is 1. The van der Waals surface area contributed by atoms with E-state index in [0.717, 1.165) is 16.5 Å². The molecule has 0 bridgehead atoms. The Kier molecular flexibility index (Phi) is 5.68. The molecule has 0 radical (unpaired) electrons. The van der Waals surface area contributed by atoms with Crippen molar-refractivity contribution in [3.63, 3.8) is 0 Å². The number of carbonyl (C=O) groups excluding carboxylic acids is 2. The fraction of sp³-hybridized carbons (Fsp3) is 0.357. The summed E-state index contributed by atoms with van der Waals surface area (Å²) in [6.45, 7) is 4.08. The third-order valence-electron chi connectivity index (χ3n) is 6.66. The van der Waals surface area contributed by atoms with Crippen LogP contribution in [0, 0.1) is 5.41 Å². The highest BCUT2D eigenvalue weighted by Gasteiger charge is 2.36. The molecule has 1 fully saturated rings. The summed E-state index contributed by atoms with van der Waals surface area (Å²) >= 11 is 0. The number of fused-ring (bicyclic) bond motifs is 2. The first-order valence-corrected chi connectivity index (χ1v) is 11.8. The van der Waals surface area contributed by atoms with E-state index in [1.807, 2.05) is 56.3 Å². The summed E-state index contributed by atoms with van der Waals surface area (Å²) < 4.78 is 5.47. The Morgan fingerprint density at radius 3 is 2.68 bits per heavy atom. The molecule has 3 aromatic rings. The van der Waals surface area contributed by atoms with Crippen LogP contribution >= 0.6 is 0 Å². The smallest absolute Gasteiger partial charge is 0.168 e. The van der Waals surface area contributed by atoms with Crippen LogP contribution in [0.2, 0.25) is 0 Å². The summed E-state index contributed by atoms with van der Waals surface area (Å²) in [6.07, 6.45) is 3.37. The number of ketones is 2. The second-order valence-electron chi connectivity index (χ2n) is 10.1. The summed E-state index contributed by atoms with van der Waals surface area (Å²) in [5.74, 6) is 0.561. The Morgan fingerprint density at radius 2 is 1.85 bits per heavy atom. The average Bonchev–Trinajstić information content (AvgIpc) is 3.19. The molecule has 0 atom stereocenters. The van der Waals surface area contributed by atoms with Crippen LogP contribution in [0.3, 0.4) is 0 Å². The van der Waals surface area contributed by atoms with Crippen LogP contribution in [0.25, 0.3) is 10.8 Å². The Hall–Kier alpha value is -3.54. The first-order valence-electron chi connectivity index (χ1n) is 11.8. The van der Waals surface area contributed by atoms with Gasteiger partial charge >= 0.3 is 0 Å². The molecule has 2 aliphatic rings. The molecule has 1 aromatic heterocycles. The zero-order chi connectivity index (χ0) is 23.9. The van der Waals surface area contributed by atoms with Crippen LogP contribution < -0.4 is 0 Å². The van der Waals surface area contributed by atoms with Gasteiger partial charge in [0.15, 0.2) is 11.6 Å². The molecular weight excluding hydrogens is 428 g/mol. The molecule has 6 nitrogen and oxygen atoms in total. The van der Waals surface area contributed by atoms with Gasteiger partial charge in [0, 0.05) is 32.1 Å². The van der Waals surface area contributed by atoms with Crippen molar-refractivity contribution in [2.45, 2.75) is 58.8 Å². The Bertz CT molecular complexity index is 1360. The number of allylic oxidation sites excluding steroid dienone is 2. The number of aliphatic hydroxyl groups is 1. The molecule has 2 aromatic carbocycles. The lowest BCUT2D eigenvalue weighted by atomic mass is 9.76. The molecule has 0 unspecified atom stereocenters. The lowest BCUT2D eigenvalue weighted by Gasteiger charge is -2.26. The van der Waals surface area contributed by atoms with Gasteiger partial charge in [-0.15, -0.1) is 0 Å². The molecule has 2 aliphatic carbocycles. The molecule has 1 N–H and O–H groups in total. The Morgan fingerprint density at radius 1 is 1.06 bits per heavy atom. The van der Waals surface area contributed by atoms with Crippen molar-refractivity contribution in [3.8, 4) is 0 Å². The predicted molar refractivity (Wildman–Crippen MR) is 131 cm³/mol. The topological polar surface area (TPSA) is 92.8 Å². The summed E-state index contributed by atoms with van der Waals surface area (Å²) in [5.41, 5.74) is 2.64. The Balaban J connectivity index is 1.42. The van der Waals surface area contributed by atoms with Crippen molar-refractivity contribution in [2.75, 3.05) is 0 Å². The van der Waals surface area contributed by atoms with E-state index in [0.29, 0.717) is 66.8 Å². The van der Waals surface area contributed by atoms with Crippen molar-refractivity contribution in [3.05, 3.63) is 70.8 Å². The monoisotopic (exact) mass is 456 g/mol. The summed E-state index contributed by atoms with van der Waals surface area (Å²) in [6, 6.07) is 14.0. The van der Waals surface area contributed by atoms with E-state index in [1.54, 1.807) is 0 Å². The standard InChI is InChI=1S/C28H28N2O4/c1-28(2)15-24(33)27-21(30-34-25(27)16-28)12-13-23(32)26-20(8-5-9-22(26)31)29-19-11-10-17-6-3-4-7-18(17)14-19/h3-4,6-7,10-11,14,32H,5,8-9,12-13,15-16H2,1-2H3/b26-23+,29-20?. The SMILES string of the molecule is CC1(C)CC(=O)c2c(CC/C(O)=C3\C(=O)CCCC3=Nc3ccc4ccccc4c3)noc2C1. The number of carbonyl (C=O) groups is 2. The van der Waals surface area contributed by atoms with Crippen LogP contribution in [0.15, 0.2) is 63.3 Å². The number of aryl methyl sites for hydroxylation is 1. The second-order valence-corrected chi connectivity index (χ2v) is 10.1. The largest absolute Gasteiger partial charge is 0.511 e. The highest BCUT2D eigenvalue weighted by Crippen LogP contribution is 2.36. The number of hydrogen-bond donors (Lipinski definition) is 1. The Labute approximate surface area is 198 Å². The van der Waals surface area contributed by atoms with Crippen molar-refractivity contribution < 1.29 is 19.2 Å². The van der Waals surface area contributed by atoms with Crippen LogP contribution in [-0.2, 0) is 17.6 Å². The van der Waals surface area contributed by atoms with Crippen molar-refractivity contribution in [1.82, 2.24) is 5.16 Å². The lowest BCUT2D eigenvalue weighted by molar-refractivity contribution is -0.115.